The van der Waals surface area contributed by atoms with E-state index >= 15 is 0 Å². The molecule has 0 amide bonds. The lowest BCUT2D eigenvalue weighted by Gasteiger charge is -2.11. The first kappa shape index (κ1) is 17.2. The Morgan fingerprint density at radius 2 is 1.87 bits per heavy atom. The fourth-order valence-electron chi connectivity index (χ4n) is 2.39. The van der Waals surface area contributed by atoms with Crippen LogP contribution in [0.15, 0.2) is 54.6 Å². The molecule has 23 heavy (non-hydrogen) atoms. The molecule has 1 aliphatic carbocycles. The van der Waals surface area contributed by atoms with Crippen molar-refractivity contribution in [3.8, 4) is 11.5 Å². The number of carbonyl (C=O) groups excluding carboxylic acids is 1. The molecule has 2 aromatic rings. The standard InChI is InChI=1S/C18H16I2O3/c19-17(21)16-10-18(16,20)12-22-11-13-5-4-8-15(9-13)23-14-6-2-1-3-7-14/h1-9,16H,10-12H2. The first-order valence-electron chi connectivity index (χ1n) is 7.35. The molecule has 1 aliphatic rings. The molecule has 0 N–H and O–H groups in total. The summed E-state index contributed by atoms with van der Waals surface area (Å²) in [6, 6.07) is 17.6. The Kier molecular flexibility index (Phi) is 5.58. The summed E-state index contributed by atoms with van der Waals surface area (Å²) in [5.74, 6) is 1.77. The second kappa shape index (κ2) is 7.48. The van der Waals surface area contributed by atoms with E-state index in [4.69, 9.17) is 9.47 Å². The van der Waals surface area contributed by atoms with Crippen molar-refractivity contribution in [3.63, 3.8) is 0 Å². The molecule has 2 aromatic carbocycles. The van der Waals surface area contributed by atoms with Gasteiger partial charge in [-0.2, -0.15) is 0 Å². The summed E-state index contributed by atoms with van der Waals surface area (Å²) in [5.41, 5.74) is 1.07. The van der Waals surface area contributed by atoms with E-state index in [9.17, 15) is 4.79 Å². The molecule has 3 nitrogen and oxygen atoms in total. The summed E-state index contributed by atoms with van der Waals surface area (Å²) in [6.07, 6.45) is 0.923. The highest BCUT2D eigenvalue weighted by molar-refractivity contribution is 14.1. The molecule has 120 valence electrons. The van der Waals surface area contributed by atoms with Gasteiger partial charge in [-0.1, -0.05) is 52.9 Å². The van der Waals surface area contributed by atoms with E-state index in [-0.39, 0.29) is 13.1 Å². The van der Waals surface area contributed by atoms with Crippen LogP contribution in [0.25, 0.3) is 0 Å². The molecule has 0 aromatic heterocycles. The molecule has 0 heterocycles. The summed E-state index contributed by atoms with van der Waals surface area (Å²) in [5, 5.41) is 0. The Labute approximate surface area is 163 Å². The van der Waals surface area contributed by atoms with Gasteiger partial charge in [0.15, 0.2) is 3.79 Å². The molecule has 0 radical (unpaired) electrons. The van der Waals surface area contributed by atoms with E-state index < -0.39 is 0 Å². The highest BCUT2D eigenvalue weighted by Gasteiger charge is 2.55. The van der Waals surface area contributed by atoms with E-state index in [1.54, 1.807) is 0 Å². The molecular weight excluding hydrogens is 518 g/mol. The van der Waals surface area contributed by atoms with Crippen molar-refractivity contribution in [3.05, 3.63) is 60.2 Å². The zero-order valence-corrected chi connectivity index (χ0v) is 16.7. The van der Waals surface area contributed by atoms with E-state index in [0.29, 0.717) is 13.2 Å². The number of benzene rings is 2. The summed E-state index contributed by atoms with van der Waals surface area (Å²) in [7, 11) is 0. The summed E-state index contributed by atoms with van der Waals surface area (Å²) in [6.45, 7) is 1.13. The quantitative estimate of drug-likeness (QED) is 0.280. The maximum atomic E-state index is 11.4. The van der Waals surface area contributed by atoms with E-state index in [2.05, 4.69) is 22.6 Å². The number of ether oxygens (including phenoxy) is 2. The Bertz CT molecular complexity index is 690. The van der Waals surface area contributed by atoms with Gasteiger partial charge in [-0.3, -0.25) is 4.79 Å². The smallest absolute Gasteiger partial charge is 0.196 e. The van der Waals surface area contributed by atoms with Gasteiger partial charge in [0.25, 0.3) is 0 Å². The molecule has 0 saturated heterocycles. The molecule has 1 saturated carbocycles. The molecule has 2 atom stereocenters. The highest BCUT2D eigenvalue weighted by atomic mass is 127. The van der Waals surface area contributed by atoms with Crippen LogP contribution in [-0.4, -0.2) is 13.8 Å². The molecular formula is C18H16I2O3. The number of para-hydroxylation sites is 1. The van der Waals surface area contributed by atoms with Gasteiger partial charge in [0.05, 0.1) is 16.6 Å². The van der Waals surface area contributed by atoms with Gasteiger partial charge in [-0.25, -0.2) is 0 Å². The van der Waals surface area contributed by atoms with Crippen LogP contribution in [0, 0.1) is 5.92 Å². The van der Waals surface area contributed by atoms with Crippen molar-refractivity contribution in [1.29, 1.82) is 0 Å². The first-order valence-corrected chi connectivity index (χ1v) is 9.50. The van der Waals surface area contributed by atoms with Gasteiger partial charge in [0, 0.05) is 5.92 Å². The average molecular weight is 534 g/mol. The normalized spacial score (nSPS) is 22.6. The van der Waals surface area contributed by atoms with Crippen LogP contribution in [0.5, 0.6) is 11.5 Å². The number of halogens is 2. The highest BCUT2D eigenvalue weighted by Crippen LogP contribution is 2.53. The van der Waals surface area contributed by atoms with Crippen molar-refractivity contribution < 1.29 is 14.3 Å². The topological polar surface area (TPSA) is 35.5 Å². The third-order valence-corrected chi connectivity index (χ3v) is 6.03. The summed E-state index contributed by atoms with van der Waals surface area (Å²) >= 11 is 4.24. The molecule has 1 fully saturated rings. The van der Waals surface area contributed by atoms with Crippen molar-refractivity contribution >= 4 is 49.0 Å². The minimum atomic E-state index is -0.00577. The van der Waals surface area contributed by atoms with Crippen molar-refractivity contribution in [2.24, 2.45) is 5.92 Å². The third kappa shape index (κ3) is 4.67. The molecule has 3 rings (SSSR count). The van der Waals surface area contributed by atoms with Crippen molar-refractivity contribution in [1.82, 2.24) is 0 Å². The zero-order valence-electron chi connectivity index (χ0n) is 12.4. The molecule has 2 unspecified atom stereocenters. The molecule has 0 spiro atoms. The van der Waals surface area contributed by atoms with Crippen molar-refractivity contribution in [2.45, 2.75) is 16.4 Å². The van der Waals surface area contributed by atoms with Crippen LogP contribution in [0.4, 0.5) is 0 Å². The average Bonchev–Trinajstić information content (AvgIpc) is 3.21. The molecule has 0 aliphatic heterocycles. The Morgan fingerprint density at radius 1 is 1.13 bits per heavy atom. The summed E-state index contributed by atoms with van der Waals surface area (Å²) in [4.78, 5) is 11.4. The van der Waals surface area contributed by atoms with E-state index in [1.807, 2.05) is 77.2 Å². The fraction of sp³-hybridized carbons (Fsp3) is 0.278. The largest absolute Gasteiger partial charge is 0.457 e. The Morgan fingerprint density at radius 3 is 2.57 bits per heavy atom. The number of alkyl halides is 1. The number of hydrogen-bond acceptors (Lipinski definition) is 3. The second-order valence-electron chi connectivity index (χ2n) is 5.65. The van der Waals surface area contributed by atoms with Crippen LogP contribution >= 0.6 is 45.2 Å². The zero-order chi connectivity index (χ0) is 16.3. The van der Waals surface area contributed by atoms with Gasteiger partial charge in [0.1, 0.15) is 11.5 Å². The maximum Gasteiger partial charge on any atom is 0.196 e. The van der Waals surface area contributed by atoms with Crippen LogP contribution in [0.1, 0.15) is 12.0 Å². The van der Waals surface area contributed by atoms with Crippen LogP contribution in [0.3, 0.4) is 0 Å². The fourth-order valence-corrected chi connectivity index (χ4v) is 4.74. The predicted octanol–water partition coefficient (Wildman–Crippen LogP) is 5.15. The number of rotatable bonds is 7. The minimum Gasteiger partial charge on any atom is -0.457 e. The molecule has 0 bridgehead atoms. The lowest BCUT2D eigenvalue weighted by atomic mass is 10.2. The van der Waals surface area contributed by atoms with Crippen LogP contribution in [-0.2, 0) is 16.1 Å². The summed E-state index contributed by atoms with van der Waals surface area (Å²) < 4.78 is 11.9. The molecule has 5 heteroatoms. The first-order chi connectivity index (χ1) is 11.1. The monoisotopic (exact) mass is 534 g/mol. The number of hydrogen-bond donors (Lipinski definition) is 0. The van der Waals surface area contributed by atoms with Crippen molar-refractivity contribution in [2.75, 3.05) is 6.61 Å². The van der Waals surface area contributed by atoms with Crippen LogP contribution in [0.2, 0.25) is 0 Å². The van der Waals surface area contributed by atoms with Crippen LogP contribution < -0.4 is 4.74 Å². The van der Waals surface area contributed by atoms with Gasteiger partial charge >= 0.3 is 0 Å². The number of carbonyl (C=O) groups is 1. The SMILES string of the molecule is O=C(I)C1CC1(I)COCc1cccc(Oc2ccccc2)c1. The van der Waals surface area contributed by atoms with Gasteiger partial charge < -0.3 is 9.47 Å². The third-order valence-electron chi connectivity index (χ3n) is 3.77. The lowest BCUT2D eigenvalue weighted by molar-refractivity contribution is -0.110. The second-order valence-corrected chi connectivity index (χ2v) is 8.86. The maximum absolute atomic E-state index is 11.4. The van der Waals surface area contributed by atoms with Gasteiger partial charge in [-0.15, -0.1) is 0 Å². The Balaban J connectivity index is 1.53. The minimum absolute atomic E-state index is 0.00577. The predicted molar refractivity (Wildman–Crippen MR) is 106 cm³/mol. The Hall–Kier alpha value is -0.670. The van der Waals surface area contributed by atoms with E-state index in [0.717, 1.165) is 23.5 Å². The van der Waals surface area contributed by atoms with E-state index in [1.165, 1.54) is 0 Å². The lowest BCUT2D eigenvalue weighted by Crippen LogP contribution is -2.14. The van der Waals surface area contributed by atoms with Gasteiger partial charge in [-0.05, 0) is 58.8 Å². The van der Waals surface area contributed by atoms with Gasteiger partial charge in [0.2, 0.25) is 0 Å².